The van der Waals surface area contributed by atoms with Crippen molar-refractivity contribution in [1.29, 1.82) is 5.26 Å². The Morgan fingerprint density at radius 2 is 1.71 bits per heavy atom. The molecule has 2 heterocycles. The molecule has 5 heteroatoms. The highest BCUT2D eigenvalue weighted by Gasteiger charge is 2.36. The van der Waals surface area contributed by atoms with E-state index in [-0.39, 0.29) is 11.8 Å². The molecule has 0 aliphatic carbocycles. The summed E-state index contributed by atoms with van der Waals surface area (Å²) in [6, 6.07) is 26.4. The number of rotatable bonds is 2. The molecule has 0 fully saturated rings. The molecule has 5 rings (SSSR count). The van der Waals surface area contributed by atoms with Crippen LogP contribution in [0.5, 0.6) is 5.88 Å². The van der Waals surface area contributed by atoms with E-state index < -0.39 is 0 Å². The largest absolute Gasteiger partial charge is 0.420 e. The number of H-pyrrole nitrogens is 1. The average molecular weight is 364 g/mol. The molecule has 1 aliphatic rings. The number of nitrogens with zero attached hydrogens (tertiary/aromatic N) is 2. The smallest absolute Gasteiger partial charge is 0.244 e. The van der Waals surface area contributed by atoms with Crippen LogP contribution in [0.15, 0.2) is 84.3 Å². The second kappa shape index (κ2) is 6.29. The minimum absolute atomic E-state index is 0.0963. The maximum Gasteiger partial charge on any atom is 0.244 e. The van der Waals surface area contributed by atoms with E-state index in [2.05, 4.69) is 34.5 Å². The van der Waals surface area contributed by atoms with Crippen LogP contribution in [-0.4, -0.2) is 10.2 Å². The zero-order valence-corrected chi connectivity index (χ0v) is 14.9. The van der Waals surface area contributed by atoms with Crippen molar-refractivity contribution < 1.29 is 4.74 Å². The Labute approximate surface area is 161 Å². The van der Waals surface area contributed by atoms with E-state index >= 15 is 0 Å². The summed E-state index contributed by atoms with van der Waals surface area (Å²) < 4.78 is 5.69. The van der Waals surface area contributed by atoms with Gasteiger partial charge in [0.25, 0.3) is 0 Å². The normalized spacial score (nSPS) is 15.8. The SMILES string of the molecule is N#CC1=C(N)Oc2n[nH]c(-c3ccccc3)c2[C@@H]1c1cccc2ccccc12. The van der Waals surface area contributed by atoms with Crippen molar-refractivity contribution in [1.82, 2.24) is 10.2 Å². The van der Waals surface area contributed by atoms with Crippen LogP contribution in [0.4, 0.5) is 0 Å². The van der Waals surface area contributed by atoms with Gasteiger partial charge in [-0.05, 0) is 21.9 Å². The van der Waals surface area contributed by atoms with Gasteiger partial charge in [-0.2, -0.15) is 5.26 Å². The quantitative estimate of drug-likeness (QED) is 0.550. The lowest BCUT2D eigenvalue weighted by atomic mass is 9.81. The molecule has 4 aromatic rings. The fourth-order valence-electron chi connectivity index (χ4n) is 3.88. The summed E-state index contributed by atoms with van der Waals surface area (Å²) in [4.78, 5) is 0. The number of fused-ring (bicyclic) bond motifs is 2. The Morgan fingerprint density at radius 1 is 0.964 bits per heavy atom. The predicted molar refractivity (Wildman–Crippen MR) is 107 cm³/mol. The fraction of sp³-hybridized carbons (Fsp3) is 0.0435. The second-order valence-electron chi connectivity index (χ2n) is 6.68. The molecule has 1 atom stereocenters. The Hall–Kier alpha value is -4.04. The lowest BCUT2D eigenvalue weighted by Crippen LogP contribution is -2.21. The monoisotopic (exact) mass is 364 g/mol. The molecule has 1 aromatic heterocycles. The van der Waals surface area contributed by atoms with Gasteiger partial charge in [-0.1, -0.05) is 72.8 Å². The molecular formula is C23H16N4O. The van der Waals surface area contributed by atoms with E-state index in [0.29, 0.717) is 11.5 Å². The summed E-state index contributed by atoms with van der Waals surface area (Å²) in [6.45, 7) is 0. The van der Waals surface area contributed by atoms with Crippen molar-refractivity contribution in [3.8, 4) is 23.2 Å². The van der Waals surface area contributed by atoms with Crippen LogP contribution < -0.4 is 10.5 Å². The van der Waals surface area contributed by atoms with Gasteiger partial charge in [0.05, 0.1) is 17.2 Å². The summed E-state index contributed by atoms with van der Waals surface area (Å²) in [5.74, 6) is 0.140. The first-order chi connectivity index (χ1) is 13.8. The minimum Gasteiger partial charge on any atom is -0.420 e. The second-order valence-corrected chi connectivity index (χ2v) is 6.68. The Kier molecular flexibility index (Phi) is 3.63. The topological polar surface area (TPSA) is 87.7 Å². The lowest BCUT2D eigenvalue weighted by Gasteiger charge is -2.25. The molecule has 1 aliphatic heterocycles. The molecule has 3 N–H and O–H groups in total. The van der Waals surface area contributed by atoms with Gasteiger partial charge in [0.2, 0.25) is 11.8 Å². The van der Waals surface area contributed by atoms with E-state index in [9.17, 15) is 5.26 Å². The minimum atomic E-state index is -0.367. The number of allylic oxidation sites excluding steroid dienone is 1. The zero-order chi connectivity index (χ0) is 19.1. The van der Waals surface area contributed by atoms with Crippen LogP contribution in [0.1, 0.15) is 17.0 Å². The van der Waals surface area contributed by atoms with E-state index in [0.717, 1.165) is 33.2 Å². The maximum absolute atomic E-state index is 9.89. The number of aromatic amines is 1. The molecule has 0 saturated heterocycles. The number of ether oxygens (including phenoxy) is 1. The lowest BCUT2D eigenvalue weighted by molar-refractivity contribution is 0.379. The standard InChI is InChI=1S/C23H16N4O/c24-13-18-19(17-12-6-10-14-7-4-5-11-16(14)17)20-21(15-8-2-1-3-9-15)26-27-23(20)28-22(18)25/h1-12,19H,25H2,(H,26,27)/t19-/m1/s1. The highest BCUT2D eigenvalue weighted by molar-refractivity contribution is 5.88. The summed E-state index contributed by atoms with van der Waals surface area (Å²) >= 11 is 0. The van der Waals surface area contributed by atoms with E-state index in [1.807, 2.05) is 54.6 Å². The van der Waals surface area contributed by atoms with E-state index in [1.165, 1.54) is 0 Å². The molecule has 0 spiro atoms. The maximum atomic E-state index is 9.89. The van der Waals surface area contributed by atoms with Crippen molar-refractivity contribution in [3.05, 3.63) is 95.4 Å². The van der Waals surface area contributed by atoms with Gasteiger partial charge < -0.3 is 10.5 Å². The predicted octanol–water partition coefficient (Wildman–Crippen LogP) is 4.45. The molecule has 0 saturated carbocycles. The number of nitriles is 1. The number of aromatic nitrogens is 2. The van der Waals surface area contributed by atoms with E-state index in [1.54, 1.807) is 0 Å². The van der Waals surface area contributed by atoms with E-state index in [4.69, 9.17) is 10.5 Å². The molecule has 3 aromatic carbocycles. The fourth-order valence-corrected chi connectivity index (χ4v) is 3.88. The molecule has 0 radical (unpaired) electrons. The van der Waals surface area contributed by atoms with Gasteiger partial charge in [-0.15, -0.1) is 5.10 Å². The van der Waals surface area contributed by atoms with Crippen molar-refractivity contribution >= 4 is 10.8 Å². The number of hydrogen-bond donors (Lipinski definition) is 2. The van der Waals surface area contributed by atoms with Crippen LogP contribution in [0.3, 0.4) is 0 Å². The molecule has 0 unspecified atom stereocenters. The van der Waals surface area contributed by atoms with Crippen LogP contribution in [0.2, 0.25) is 0 Å². The van der Waals surface area contributed by atoms with Crippen LogP contribution in [0.25, 0.3) is 22.0 Å². The van der Waals surface area contributed by atoms with Crippen molar-refractivity contribution in [3.63, 3.8) is 0 Å². The first-order valence-electron chi connectivity index (χ1n) is 8.97. The third-order valence-electron chi connectivity index (χ3n) is 5.14. The third-order valence-corrected chi connectivity index (χ3v) is 5.14. The summed E-state index contributed by atoms with van der Waals surface area (Å²) in [5, 5.41) is 19.5. The molecule has 5 nitrogen and oxygen atoms in total. The van der Waals surface area contributed by atoms with Crippen LogP contribution >= 0.6 is 0 Å². The zero-order valence-electron chi connectivity index (χ0n) is 14.9. The number of nitrogens with two attached hydrogens (primary N) is 1. The summed E-state index contributed by atoms with van der Waals surface area (Å²) in [6.07, 6.45) is 0. The van der Waals surface area contributed by atoms with Crippen molar-refractivity contribution in [2.75, 3.05) is 0 Å². The Balaban J connectivity index is 1.82. The molecule has 28 heavy (non-hydrogen) atoms. The van der Waals surface area contributed by atoms with Crippen LogP contribution in [-0.2, 0) is 0 Å². The first-order valence-corrected chi connectivity index (χ1v) is 8.97. The number of benzene rings is 3. The van der Waals surface area contributed by atoms with Gasteiger partial charge >= 0.3 is 0 Å². The number of hydrogen-bond acceptors (Lipinski definition) is 4. The highest BCUT2D eigenvalue weighted by Crippen LogP contribution is 2.47. The highest BCUT2D eigenvalue weighted by atomic mass is 16.5. The van der Waals surface area contributed by atoms with Gasteiger partial charge in [-0.25, -0.2) is 0 Å². The molecular weight excluding hydrogens is 348 g/mol. The van der Waals surface area contributed by atoms with Crippen molar-refractivity contribution in [2.45, 2.75) is 5.92 Å². The molecule has 0 amide bonds. The van der Waals surface area contributed by atoms with Crippen molar-refractivity contribution in [2.24, 2.45) is 5.73 Å². The van der Waals surface area contributed by atoms with Gasteiger partial charge in [-0.3, -0.25) is 5.10 Å². The Bertz CT molecular complexity index is 1260. The molecule has 0 bridgehead atoms. The number of nitrogens with one attached hydrogen (secondary N) is 1. The summed E-state index contributed by atoms with van der Waals surface area (Å²) in [7, 11) is 0. The van der Waals surface area contributed by atoms with Gasteiger partial charge in [0, 0.05) is 0 Å². The van der Waals surface area contributed by atoms with Gasteiger partial charge in [0.1, 0.15) is 11.6 Å². The summed E-state index contributed by atoms with van der Waals surface area (Å²) in [5.41, 5.74) is 10.1. The van der Waals surface area contributed by atoms with Crippen LogP contribution in [0, 0.1) is 11.3 Å². The first kappa shape index (κ1) is 16.2. The average Bonchev–Trinajstić information content (AvgIpc) is 3.16. The Morgan fingerprint density at radius 3 is 2.54 bits per heavy atom. The third kappa shape index (κ3) is 2.36. The molecule has 134 valence electrons. The van der Waals surface area contributed by atoms with Gasteiger partial charge in [0.15, 0.2) is 0 Å².